The molecule has 1 amide bonds. The minimum Gasteiger partial charge on any atom is -0.326 e. The predicted octanol–water partition coefficient (Wildman–Crippen LogP) is 2.27. The lowest BCUT2D eigenvalue weighted by molar-refractivity contribution is -0.115. The lowest BCUT2D eigenvalue weighted by Crippen LogP contribution is -2.35. The second-order valence-electron chi connectivity index (χ2n) is 5.31. The van der Waals surface area contributed by atoms with Gasteiger partial charge < -0.3 is 11.1 Å². The Bertz CT molecular complexity index is 471. The van der Waals surface area contributed by atoms with Gasteiger partial charge in [-0.1, -0.05) is 32.9 Å². The van der Waals surface area contributed by atoms with Crippen molar-refractivity contribution in [2.75, 3.05) is 5.32 Å². The van der Waals surface area contributed by atoms with Gasteiger partial charge in [-0.25, -0.2) is 0 Å². The van der Waals surface area contributed by atoms with Crippen molar-refractivity contribution in [3.8, 4) is 0 Å². The fourth-order valence-corrected chi connectivity index (χ4v) is 3.11. The molecule has 0 aliphatic carbocycles. The Kier molecular flexibility index (Phi) is 6.36. The van der Waals surface area contributed by atoms with Crippen LogP contribution < -0.4 is 11.1 Å². The van der Waals surface area contributed by atoms with Crippen molar-refractivity contribution in [2.45, 2.75) is 44.7 Å². The first kappa shape index (κ1) is 16.9. The van der Waals surface area contributed by atoms with E-state index >= 15 is 0 Å². The van der Waals surface area contributed by atoms with Crippen molar-refractivity contribution in [3.05, 3.63) is 29.8 Å². The van der Waals surface area contributed by atoms with E-state index in [1.54, 1.807) is 6.92 Å². The van der Waals surface area contributed by atoms with Crippen LogP contribution in [0, 0.1) is 5.92 Å². The largest absolute Gasteiger partial charge is 0.326 e. The number of amides is 1. The lowest BCUT2D eigenvalue weighted by atomic mass is 10.2. The molecule has 20 heavy (non-hydrogen) atoms. The van der Waals surface area contributed by atoms with Gasteiger partial charge in [-0.05, 0) is 30.5 Å². The molecule has 0 saturated carbocycles. The first-order valence-electron chi connectivity index (χ1n) is 6.86. The summed E-state index contributed by atoms with van der Waals surface area (Å²) >= 11 is 0. The fraction of sp³-hybridized carbons (Fsp3) is 0.533. The molecule has 1 aromatic carbocycles. The number of rotatable bonds is 6. The smallest absolute Gasteiger partial charge is 0.239 e. The summed E-state index contributed by atoms with van der Waals surface area (Å²) < 4.78 is 12.3. The highest BCUT2D eigenvalue weighted by Crippen LogP contribution is 2.15. The zero-order valence-corrected chi connectivity index (χ0v) is 13.4. The summed E-state index contributed by atoms with van der Waals surface area (Å²) in [6.45, 7) is 8.12. The second-order valence-corrected chi connectivity index (χ2v) is 7.42. The molecular weight excluding hydrogens is 272 g/mol. The van der Waals surface area contributed by atoms with Crippen LogP contribution in [0.5, 0.6) is 0 Å². The van der Waals surface area contributed by atoms with E-state index in [1.807, 2.05) is 45.0 Å². The Labute approximate surface area is 123 Å². The molecule has 112 valence electrons. The van der Waals surface area contributed by atoms with Crippen LogP contribution in [-0.2, 0) is 22.1 Å². The van der Waals surface area contributed by atoms with Crippen LogP contribution in [-0.4, -0.2) is 20.6 Å². The molecule has 0 fully saturated rings. The van der Waals surface area contributed by atoms with E-state index in [4.69, 9.17) is 5.73 Å². The minimum absolute atomic E-state index is 0.00429. The second kappa shape index (κ2) is 7.55. The first-order valence-corrected chi connectivity index (χ1v) is 8.13. The number of hydrogen-bond donors (Lipinski definition) is 2. The van der Waals surface area contributed by atoms with Crippen LogP contribution in [0.2, 0.25) is 0 Å². The molecule has 4 nitrogen and oxygen atoms in total. The summed E-state index contributed by atoms with van der Waals surface area (Å²) in [7, 11) is -1.18. The van der Waals surface area contributed by atoms with Crippen molar-refractivity contribution in [1.82, 2.24) is 0 Å². The van der Waals surface area contributed by atoms with E-state index in [1.165, 1.54) is 0 Å². The maximum absolute atomic E-state index is 12.3. The molecule has 0 aromatic heterocycles. The average molecular weight is 296 g/mol. The molecule has 0 radical (unpaired) electrons. The molecule has 0 aliphatic rings. The Morgan fingerprint density at radius 1 is 1.20 bits per heavy atom. The number of carbonyl (C=O) groups is 1. The van der Waals surface area contributed by atoms with Crippen LogP contribution in [0.3, 0.4) is 0 Å². The van der Waals surface area contributed by atoms with Gasteiger partial charge >= 0.3 is 0 Å². The molecule has 3 N–H and O–H groups in total. The summed E-state index contributed by atoms with van der Waals surface area (Å²) in [5.74, 6) is 0.0752. The quantitative estimate of drug-likeness (QED) is 0.846. The van der Waals surface area contributed by atoms with Crippen molar-refractivity contribution in [1.29, 1.82) is 0 Å². The van der Waals surface area contributed by atoms with Crippen molar-refractivity contribution >= 4 is 22.4 Å². The van der Waals surface area contributed by atoms with Gasteiger partial charge in [0.2, 0.25) is 5.91 Å². The van der Waals surface area contributed by atoms with Crippen LogP contribution in [0.25, 0.3) is 0 Å². The minimum atomic E-state index is -1.18. The summed E-state index contributed by atoms with van der Waals surface area (Å²) in [5, 5.41) is 2.26. The van der Waals surface area contributed by atoms with Crippen molar-refractivity contribution < 1.29 is 9.00 Å². The van der Waals surface area contributed by atoms with Crippen molar-refractivity contribution in [3.63, 3.8) is 0 Å². The summed E-state index contributed by atoms with van der Waals surface area (Å²) in [5.41, 5.74) is 7.23. The monoisotopic (exact) mass is 296 g/mol. The number of nitrogens with one attached hydrogen (secondary N) is 1. The molecule has 0 aliphatic heterocycles. The molecule has 0 heterocycles. The van der Waals surface area contributed by atoms with Crippen molar-refractivity contribution in [2.24, 2.45) is 11.7 Å². The molecule has 3 atom stereocenters. The van der Waals surface area contributed by atoms with Crippen LogP contribution in [0.1, 0.15) is 33.3 Å². The maximum atomic E-state index is 12.3. The number of nitrogens with two attached hydrogens (primary N) is 1. The number of anilines is 1. The van der Waals surface area contributed by atoms with E-state index in [-0.39, 0.29) is 17.1 Å². The summed E-state index contributed by atoms with van der Waals surface area (Å²) in [6, 6.07) is 7.35. The molecular formula is C15H24N2O2S. The SMILES string of the molecule is CC(C)C(C)S(=O)C(C)C(=O)Nc1ccc(CN)cc1. The topological polar surface area (TPSA) is 72.2 Å². The van der Waals surface area contributed by atoms with Gasteiger partial charge in [-0.2, -0.15) is 0 Å². The van der Waals surface area contributed by atoms with Gasteiger partial charge in [0.15, 0.2) is 0 Å². The Morgan fingerprint density at radius 3 is 2.20 bits per heavy atom. The van der Waals surface area contributed by atoms with Gasteiger partial charge in [0.05, 0.1) is 0 Å². The van der Waals surface area contributed by atoms with E-state index in [2.05, 4.69) is 5.32 Å². The molecule has 0 saturated heterocycles. The van der Waals surface area contributed by atoms with E-state index < -0.39 is 16.0 Å². The zero-order valence-electron chi connectivity index (χ0n) is 12.6. The number of hydrogen-bond acceptors (Lipinski definition) is 3. The normalized spacial score (nSPS) is 15.7. The first-order chi connectivity index (χ1) is 9.36. The van der Waals surface area contributed by atoms with Gasteiger partial charge in [0.25, 0.3) is 0 Å². The molecule has 0 spiro atoms. The standard InChI is InChI=1S/C15H24N2O2S/c1-10(2)11(3)20(19)12(4)15(18)17-14-7-5-13(9-16)6-8-14/h5-8,10-12H,9,16H2,1-4H3,(H,17,18). The zero-order chi connectivity index (χ0) is 15.3. The third-order valence-corrected chi connectivity index (χ3v) is 5.67. The average Bonchev–Trinajstić information content (AvgIpc) is 2.45. The molecule has 1 rings (SSSR count). The van der Waals surface area contributed by atoms with E-state index in [0.29, 0.717) is 12.2 Å². The molecule has 5 heteroatoms. The van der Waals surface area contributed by atoms with Gasteiger partial charge in [0.1, 0.15) is 5.25 Å². The van der Waals surface area contributed by atoms with Crippen LogP contribution >= 0.6 is 0 Å². The predicted molar refractivity (Wildman–Crippen MR) is 84.9 cm³/mol. The molecule has 1 aromatic rings. The molecule has 0 bridgehead atoms. The highest BCUT2D eigenvalue weighted by atomic mass is 32.2. The van der Waals surface area contributed by atoms with Crippen LogP contribution in [0.15, 0.2) is 24.3 Å². The number of carbonyl (C=O) groups excluding carboxylic acids is 1. The van der Waals surface area contributed by atoms with E-state index in [0.717, 1.165) is 5.56 Å². The highest BCUT2D eigenvalue weighted by molar-refractivity contribution is 7.87. The Hall–Kier alpha value is -1.20. The highest BCUT2D eigenvalue weighted by Gasteiger charge is 2.26. The maximum Gasteiger partial charge on any atom is 0.239 e. The third kappa shape index (κ3) is 4.42. The Balaban J connectivity index is 2.67. The van der Waals surface area contributed by atoms with Gasteiger partial charge in [-0.3, -0.25) is 9.00 Å². The number of benzene rings is 1. The summed E-state index contributed by atoms with van der Waals surface area (Å²) in [6.07, 6.45) is 0. The van der Waals surface area contributed by atoms with Crippen LogP contribution in [0.4, 0.5) is 5.69 Å². The molecule has 3 unspecified atom stereocenters. The van der Waals surface area contributed by atoms with Gasteiger partial charge in [0, 0.05) is 28.3 Å². The Morgan fingerprint density at radius 2 is 1.75 bits per heavy atom. The lowest BCUT2D eigenvalue weighted by Gasteiger charge is -2.19. The fourth-order valence-electron chi connectivity index (χ4n) is 1.66. The third-order valence-electron chi connectivity index (χ3n) is 3.48. The van der Waals surface area contributed by atoms with Gasteiger partial charge in [-0.15, -0.1) is 0 Å². The van der Waals surface area contributed by atoms with E-state index in [9.17, 15) is 9.00 Å². The summed E-state index contributed by atoms with van der Waals surface area (Å²) in [4.78, 5) is 12.1.